The summed E-state index contributed by atoms with van der Waals surface area (Å²) in [5.41, 5.74) is 1.56. The van der Waals surface area contributed by atoms with E-state index < -0.39 is 5.92 Å². The van der Waals surface area contributed by atoms with Gasteiger partial charge in [0.15, 0.2) is 11.5 Å². The lowest BCUT2D eigenvalue weighted by Gasteiger charge is -2.25. The van der Waals surface area contributed by atoms with Crippen LogP contribution in [0.5, 0.6) is 23.0 Å². The van der Waals surface area contributed by atoms with Crippen molar-refractivity contribution >= 4 is 0 Å². The molecule has 0 fully saturated rings. The Balaban J connectivity index is 2.10. The number of fused-ring (bicyclic) bond motifs is 1. The molecule has 3 heterocycles. The summed E-state index contributed by atoms with van der Waals surface area (Å²) in [6.45, 7) is 8.07. The predicted octanol–water partition coefficient (Wildman–Crippen LogP) is 2.99. The summed E-state index contributed by atoms with van der Waals surface area (Å²) < 4.78 is 14.0. The van der Waals surface area contributed by atoms with Crippen LogP contribution in [0.25, 0.3) is 0 Å². The highest BCUT2D eigenvalue weighted by Gasteiger charge is 2.31. The summed E-state index contributed by atoms with van der Waals surface area (Å²) in [6, 6.07) is 7.93. The second kappa shape index (κ2) is 8.11. The van der Waals surface area contributed by atoms with E-state index in [0.717, 1.165) is 6.07 Å². The van der Waals surface area contributed by atoms with E-state index in [-0.39, 0.29) is 35.0 Å². The van der Waals surface area contributed by atoms with Crippen molar-refractivity contribution in [2.75, 3.05) is 6.79 Å². The molecule has 2 aromatic heterocycles. The highest BCUT2D eigenvalue weighted by Crippen LogP contribution is 2.43. The quantitative estimate of drug-likeness (QED) is 0.635. The lowest BCUT2D eigenvalue weighted by atomic mass is 9.83. The second-order valence-corrected chi connectivity index (χ2v) is 7.79. The van der Waals surface area contributed by atoms with Crippen LogP contribution in [-0.2, 0) is 13.1 Å². The Bertz CT molecular complexity index is 1320. The molecular formula is C24H26N2O6. The molecule has 1 atom stereocenters. The number of ether oxygens (including phenoxy) is 2. The van der Waals surface area contributed by atoms with Gasteiger partial charge in [0.25, 0.3) is 11.1 Å². The molecule has 0 unspecified atom stereocenters. The third-order valence-electron chi connectivity index (χ3n) is 6.06. The van der Waals surface area contributed by atoms with Gasteiger partial charge in [-0.05, 0) is 51.5 Å². The fourth-order valence-electron chi connectivity index (χ4n) is 4.52. The molecule has 0 bridgehead atoms. The summed E-state index contributed by atoms with van der Waals surface area (Å²) >= 11 is 0. The number of aromatic hydroxyl groups is 2. The first-order valence-electron chi connectivity index (χ1n) is 10.5. The molecule has 8 heteroatoms. The molecule has 1 aliphatic rings. The summed E-state index contributed by atoms with van der Waals surface area (Å²) in [5.74, 6) is -0.161. The standard InChI is InChI=1S/C24H26N2O6/c1-5-25-13(3)9-16(27)23(24(25)30)22(15-7-8-18-19(10-15)32-12-31-18)21-14(4)26(6-2)20(29)11-17(21)28/h7-11,22,27-28H,5-6,12H2,1-4H3/t22-/m1/s1. The summed E-state index contributed by atoms with van der Waals surface area (Å²) in [4.78, 5) is 25.9. The van der Waals surface area contributed by atoms with Gasteiger partial charge in [-0.25, -0.2) is 0 Å². The number of pyridine rings is 2. The van der Waals surface area contributed by atoms with Gasteiger partial charge in [-0.1, -0.05) is 6.07 Å². The zero-order valence-corrected chi connectivity index (χ0v) is 18.5. The summed E-state index contributed by atoms with van der Waals surface area (Å²) in [6.07, 6.45) is 0. The van der Waals surface area contributed by atoms with Crippen molar-refractivity contribution in [2.24, 2.45) is 0 Å². The maximum atomic E-state index is 13.5. The highest BCUT2D eigenvalue weighted by molar-refractivity contribution is 5.56. The lowest BCUT2D eigenvalue weighted by molar-refractivity contribution is 0.174. The van der Waals surface area contributed by atoms with Crippen LogP contribution in [0.4, 0.5) is 0 Å². The van der Waals surface area contributed by atoms with E-state index in [9.17, 15) is 19.8 Å². The van der Waals surface area contributed by atoms with E-state index >= 15 is 0 Å². The van der Waals surface area contributed by atoms with Gasteiger partial charge >= 0.3 is 0 Å². The number of hydrogen-bond acceptors (Lipinski definition) is 6. The van der Waals surface area contributed by atoms with Gasteiger partial charge in [-0.15, -0.1) is 0 Å². The third kappa shape index (κ3) is 3.32. The lowest BCUT2D eigenvalue weighted by Crippen LogP contribution is -2.29. The van der Waals surface area contributed by atoms with E-state index in [1.165, 1.54) is 4.57 Å². The fraction of sp³-hybridized carbons (Fsp3) is 0.333. The molecule has 1 aromatic carbocycles. The Hall–Kier alpha value is -3.68. The van der Waals surface area contributed by atoms with Crippen LogP contribution < -0.4 is 20.6 Å². The number of hydrogen-bond donors (Lipinski definition) is 2. The molecule has 4 rings (SSSR count). The van der Waals surface area contributed by atoms with E-state index in [4.69, 9.17) is 9.47 Å². The molecule has 0 saturated carbocycles. The Labute approximate surface area is 184 Å². The van der Waals surface area contributed by atoms with Gasteiger partial charge in [0.1, 0.15) is 11.5 Å². The molecule has 0 spiro atoms. The first-order chi connectivity index (χ1) is 15.3. The Kier molecular flexibility index (Phi) is 5.46. The molecule has 8 nitrogen and oxygen atoms in total. The van der Waals surface area contributed by atoms with Crippen molar-refractivity contribution < 1.29 is 19.7 Å². The van der Waals surface area contributed by atoms with E-state index in [1.807, 2.05) is 13.8 Å². The zero-order valence-electron chi connectivity index (χ0n) is 18.5. The minimum Gasteiger partial charge on any atom is -0.507 e. The van der Waals surface area contributed by atoms with E-state index in [2.05, 4.69) is 0 Å². The topological polar surface area (TPSA) is 103 Å². The van der Waals surface area contributed by atoms with Crippen LogP contribution in [0.15, 0.2) is 39.9 Å². The largest absolute Gasteiger partial charge is 0.507 e. The van der Waals surface area contributed by atoms with E-state index in [1.54, 1.807) is 42.7 Å². The fourth-order valence-corrected chi connectivity index (χ4v) is 4.52. The number of rotatable bonds is 5. The van der Waals surface area contributed by atoms with Gasteiger partial charge in [-0.3, -0.25) is 9.59 Å². The normalized spacial score (nSPS) is 13.4. The van der Waals surface area contributed by atoms with Gasteiger partial charge in [-0.2, -0.15) is 0 Å². The van der Waals surface area contributed by atoms with Crippen molar-refractivity contribution in [1.29, 1.82) is 0 Å². The first kappa shape index (κ1) is 21.5. The van der Waals surface area contributed by atoms with Gasteiger partial charge in [0.05, 0.1) is 5.56 Å². The third-order valence-corrected chi connectivity index (χ3v) is 6.06. The Morgan fingerprint density at radius 1 is 0.906 bits per heavy atom. The average Bonchev–Trinajstić information content (AvgIpc) is 3.20. The molecule has 3 aromatic rings. The summed E-state index contributed by atoms with van der Waals surface area (Å²) in [7, 11) is 0. The minimum absolute atomic E-state index is 0.0901. The molecule has 2 N–H and O–H groups in total. The first-order valence-corrected chi connectivity index (χ1v) is 10.5. The molecule has 168 valence electrons. The van der Waals surface area contributed by atoms with Crippen molar-refractivity contribution in [1.82, 2.24) is 9.13 Å². The van der Waals surface area contributed by atoms with Gasteiger partial charge < -0.3 is 28.8 Å². The molecule has 1 aliphatic heterocycles. The number of benzene rings is 1. The maximum absolute atomic E-state index is 13.5. The smallest absolute Gasteiger partial charge is 0.258 e. The summed E-state index contributed by atoms with van der Waals surface area (Å²) in [5, 5.41) is 21.8. The van der Waals surface area contributed by atoms with Crippen molar-refractivity contribution in [3.05, 3.63) is 79.1 Å². The molecule has 0 radical (unpaired) electrons. The second-order valence-electron chi connectivity index (χ2n) is 7.79. The average molecular weight is 438 g/mol. The van der Waals surface area contributed by atoms with Crippen molar-refractivity contribution in [2.45, 2.75) is 46.7 Å². The molecule has 0 saturated heterocycles. The van der Waals surface area contributed by atoms with Gasteiger partial charge in [0, 0.05) is 42.0 Å². The van der Waals surface area contributed by atoms with Crippen LogP contribution in [0.3, 0.4) is 0 Å². The highest BCUT2D eigenvalue weighted by atomic mass is 16.7. The molecule has 0 aliphatic carbocycles. The van der Waals surface area contributed by atoms with Crippen LogP contribution >= 0.6 is 0 Å². The number of nitrogens with zero attached hydrogens (tertiary/aromatic N) is 2. The molecular weight excluding hydrogens is 412 g/mol. The van der Waals surface area contributed by atoms with Crippen LogP contribution in [0, 0.1) is 13.8 Å². The Morgan fingerprint density at radius 2 is 1.56 bits per heavy atom. The monoisotopic (exact) mass is 438 g/mol. The van der Waals surface area contributed by atoms with Gasteiger partial charge in [0.2, 0.25) is 6.79 Å². The van der Waals surface area contributed by atoms with Crippen molar-refractivity contribution in [3.8, 4) is 23.0 Å². The molecule has 32 heavy (non-hydrogen) atoms. The zero-order chi connectivity index (χ0) is 23.2. The van der Waals surface area contributed by atoms with Crippen LogP contribution in [-0.4, -0.2) is 26.1 Å². The Morgan fingerprint density at radius 3 is 2.25 bits per heavy atom. The van der Waals surface area contributed by atoms with Crippen LogP contribution in [0.1, 0.15) is 47.8 Å². The SMILES string of the molecule is CCn1c(C)c([C@@H](c2ccc3c(c2)OCO3)c2c(O)cc(C)n(CC)c2=O)c(O)cc1=O. The van der Waals surface area contributed by atoms with Crippen molar-refractivity contribution in [3.63, 3.8) is 0 Å². The maximum Gasteiger partial charge on any atom is 0.258 e. The van der Waals surface area contributed by atoms with Crippen LogP contribution in [0.2, 0.25) is 0 Å². The number of aromatic nitrogens is 2. The minimum atomic E-state index is -0.839. The van der Waals surface area contributed by atoms with E-state index in [0.29, 0.717) is 47.1 Å². The molecule has 0 amide bonds. The number of aryl methyl sites for hydroxylation is 1. The predicted molar refractivity (Wildman–Crippen MR) is 119 cm³/mol.